The van der Waals surface area contributed by atoms with Crippen LogP contribution < -0.4 is 15.8 Å². The van der Waals surface area contributed by atoms with Gasteiger partial charge in [0.2, 0.25) is 0 Å². The molecule has 5 nitrogen and oxygen atoms in total. The number of carbonyl (C=O) groups excluding carboxylic acids is 2. The van der Waals surface area contributed by atoms with Crippen LogP contribution in [-0.4, -0.2) is 18.4 Å². The summed E-state index contributed by atoms with van der Waals surface area (Å²) in [6.07, 6.45) is 2.10. The van der Waals surface area contributed by atoms with E-state index in [4.69, 9.17) is 10.5 Å². The van der Waals surface area contributed by atoms with Gasteiger partial charge in [-0.3, -0.25) is 9.59 Å². The number of carbonyl (C=O) groups is 2. The predicted octanol–water partition coefficient (Wildman–Crippen LogP) is 3.06. The Hall–Kier alpha value is -2.82. The van der Waals surface area contributed by atoms with Crippen LogP contribution in [-0.2, 0) is 11.2 Å². The summed E-state index contributed by atoms with van der Waals surface area (Å²) in [6, 6.07) is 12.8. The average molecular weight is 326 g/mol. The molecule has 0 bridgehead atoms. The molecule has 0 fully saturated rings. The quantitative estimate of drug-likeness (QED) is 0.820. The molecule has 2 aromatic carbocycles. The van der Waals surface area contributed by atoms with Gasteiger partial charge in [0.15, 0.2) is 6.61 Å². The minimum Gasteiger partial charge on any atom is -0.483 e. The number of amides is 2. The molecule has 0 aliphatic rings. The van der Waals surface area contributed by atoms with E-state index in [1.807, 2.05) is 31.2 Å². The molecule has 24 heavy (non-hydrogen) atoms. The summed E-state index contributed by atoms with van der Waals surface area (Å²) >= 11 is 0. The predicted molar refractivity (Wildman–Crippen MR) is 94.3 cm³/mol. The van der Waals surface area contributed by atoms with Gasteiger partial charge >= 0.3 is 0 Å². The number of nitrogens with two attached hydrogens (primary N) is 1. The molecule has 0 aliphatic heterocycles. The molecule has 126 valence electrons. The van der Waals surface area contributed by atoms with Crippen molar-refractivity contribution in [2.75, 3.05) is 11.9 Å². The third kappa shape index (κ3) is 4.84. The van der Waals surface area contributed by atoms with E-state index < -0.39 is 5.91 Å². The number of hydrogen-bond donors (Lipinski definition) is 2. The Balaban J connectivity index is 1.96. The first-order valence-corrected chi connectivity index (χ1v) is 7.91. The summed E-state index contributed by atoms with van der Waals surface area (Å²) < 4.78 is 5.46. The standard InChI is InChI=1S/C19H22N2O3/c1-3-4-14-6-8-15(9-7-14)21-18(22)12-24-17-11-13(2)5-10-16(17)19(20)23/h5-11H,3-4,12H2,1-2H3,(H2,20,23)(H,21,22). The molecule has 0 saturated heterocycles. The zero-order valence-electron chi connectivity index (χ0n) is 14.0. The summed E-state index contributed by atoms with van der Waals surface area (Å²) in [5.74, 6) is -0.567. The topological polar surface area (TPSA) is 81.4 Å². The number of anilines is 1. The summed E-state index contributed by atoms with van der Waals surface area (Å²) in [6.45, 7) is 3.80. The van der Waals surface area contributed by atoms with E-state index in [-0.39, 0.29) is 18.1 Å². The van der Waals surface area contributed by atoms with Gasteiger partial charge in [0.05, 0.1) is 5.56 Å². The van der Waals surface area contributed by atoms with Crippen molar-refractivity contribution in [1.29, 1.82) is 0 Å². The molecular formula is C19H22N2O3. The molecule has 0 aliphatic carbocycles. The van der Waals surface area contributed by atoms with Crippen LogP contribution in [0.15, 0.2) is 42.5 Å². The van der Waals surface area contributed by atoms with Crippen molar-refractivity contribution >= 4 is 17.5 Å². The first-order chi connectivity index (χ1) is 11.5. The summed E-state index contributed by atoms with van der Waals surface area (Å²) in [4.78, 5) is 23.4. The molecule has 0 atom stereocenters. The van der Waals surface area contributed by atoms with Crippen LogP contribution in [0.3, 0.4) is 0 Å². The first-order valence-electron chi connectivity index (χ1n) is 7.91. The lowest BCUT2D eigenvalue weighted by atomic mass is 10.1. The van der Waals surface area contributed by atoms with Crippen molar-refractivity contribution < 1.29 is 14.3 Å². The Morgan fingerprint density at radius 1 is 1.12 bits per heavy atom. The minimum absolute atomic E-state index is 0.194. The molecular weight excluding hydrogens is 304 g/mol. The highest BCUT2D eigenvalue weighted by Crippen LogP contribution is 2.20. The second kappa shape index (κ2) is 8.15. The van der Waals surface area contributed by atoms with Crippen LogP contribution in [0, 0.1) is 6.92 Å². The van der Waals surface area contributed by atoms with Crippen molar-refractivity contribution in [2.45, 2.75) is 26.7 Å². The fourth-order valence-electron chi connectivity index (χ4n) is 2.34. The fourth-order valence-corrected chi connectivity index (χ4v) is 2.34. The van der Waals surface area contributed by atoms with Crippen molar-refractivity contribution in [3.8, 4) is 5.75 Å². The molecule has 2 rings (SSSR count). The van der Waals surface area contributed by atoms with E-state index in [0.29, 0.717) is 11.4 Å². The fraction of sp³-hybridized carbons (Fsp3) is 0.263. The number of rotatable bonds is 7. The Morgan fingerprint density at radius 3 is 2.46 bits per heavy atom. The smallest absolute Gasteiger partial charge is 0.262 e. The van der Waals surface area contributed by atoms with Crippen LogP contribution in [0.2, 0.25) is 0 Å². The zero-order valence-corrected chi connectivity index (χ0v) is 14.0. The van der Waals surface area contributed by atoms with E-state index in [0.717, 1.165) is 18.4 Å². The Labute approximate surface area is 141 Å². The summed E-state index contributed by atoms with van der Waals surface area (Å²) in [7, 11) is 0. The van der Waals surface area contributed by atoms with Gasteiger partial charge in [-0.1, -0.05) is 31.5 Å². The third-order valence-corrected chi connectivity index (χ3v) is 3.54. The Morgan fingerprint density at radius 2 is 1.83 bits per heavy atom. The molecule has 2 aromatic rings. The second-order valence-electron chi connectivity index (χ2n) is 5.65. The lowest BCUT2D eigenvalue weighted by Gasteiger charge is -2.11. The molecule has 0 heterocycles. The summed E-state index contributed by atoms with van der Waals surface area (Å²) in [5, 5.41) is 2.76. The number of nitrogens with one attached hydrogen (secondary N) is 1. The largest absolute Gasteiger partial charge is 0.483 e. The van der Waals surface area contributed by atoms with E-state index in [2.05, 4.69) is 12.2 Å². The van der Waals surface area contributed by atoms with Crippen molar-refractivity contribution in [3.63, 3.8) is 0 Å². The van der Waals surface area contributed by atoms with Crippen molar-refractivity contribution in [2.24, 2.45) is 5.73 Å². The van der Waals surface area contributed by atoms with E-state index in [9.17, 15) is 9.59 Å². The zero-order chi connectivity index (χ0) is 17.5. The van der Waals surface area contributed by atoms with Gasteiger partial charge in [-0.05, 0) is 48.7 Å². The molecule has 2 amide bonds. The van der Waals surface area contributed by atoms with E-state index >= 15 is 0 Å². The van der Waals surface area contributed by atoms with Crippen molar-refractivity contribution in [1.82, 2.24) is 0 Å². The lowest BCUT2D eigenvalue weighted by Crippen LogP contribution is -2.21. The molecule has 3 N–H and O–H groups in total. The number of benzene rings is 2. The molecule has 0 radical (unpaired) electrons. The molecule has 0 spiro atoms. The third-order valence-electron chi connectivity index (χ3n) is 3.54. The number of primary amides is 1. The highest BCUT2D eigenvalue weighted by Gasteiger charge is 2.11. The lowest BCUT2D eigenvalue weighted by molar-refractivity contribution is -0.118. The summed E-state index contributed by atoms with van der Waals surface area (Å²) in [5.41, 5.74) is 8.44. The van der Waals surface area contributed by atoms with E-state index in [1.165, 1.54) is 5.56 Å². The van der Waals surface area contributed by atoms with Gasteiger partial charge in [0, 0.05) is 5.69 Å². The van der Waals surface area contributed by atoms with Gasteiger partial charge in [-0.15, -0.1) is 0 Å². The molecule has 5 heteroatoms. The Kier molecular flexibility index (Phi) is 5.95. The average Bonchev–Trinajstić information content (AvgIpc) is 2.55. The maximum atomic E-state index is 12.0. The van der Waals surface area contributed by atoms with Gasteiger partial charge in [-0.2, -0.15) is 0 Å². The number of hydrogen-bond acceptors (Lipinski definition) is 3. The maximum absolute atomic E-state index is 12.0. The second-order valence-corrected chi connectivity index (χ2v) is 5.65. The molecule has 0 aromatic heterocycles. The van der Waals surface area contributed by atoms with Gasteiger partial charge in [0.25, 0.3) is 11.8 Å². The first kappa shape index (κ1) is 17.5. The highest BCUT2D eigenvalue weighted by molar-refractivity contribution is 5.96. The van der Waals surface area contributed by atoms with Gasteiger partial charge in [-0.25, -0.2) is 0 Å². The van der Waals surface area contributed by atoms with Crippen LogP contribution in [0.4, 0.5) is 5.69 Å². The van der Waals surface area contributed by atoms with E-state index in [1.54, 1.807) is 18.2 Å². The van der Waals surface area contributed by atoms with Crippen LogP contribution >= 0.6 is 0 Å². The van der Waals surface area contributed by atoms with Gasteiger partial charge in [0.1, 0.15) is 5.75 Å². The van der Waals surface area contributed by atoms with Crippen LogP contribution in [0.5, 0.6) is 5.75 Å². The minimum atomic E-state index is -0.586. The SMILES string of the molecule is CCCc1ccc(NC(=O)COc2cc(C)ccc2C(N)=O)cc1. The monoisotopic (exact) mass is 326 g/mol. The highest BCUT2D eigenvalue weighted by atomic mass is 16.5. The Bertz CT molecular complexity index is 724. The normalized spacial score (nSPS) is 10.2. The van der Waals surface area contributed by atoms with Gasteiger partial charge < -0.3 is 15.8 Å². The molecule has 0 saturated carbocycles. The molecule has 0 unspecified atom stereocenters. The maximum Gasteiger partial charge on any atom is 0.262 e. The van der Waals surface area contributed by atoms with Crippen LogP contribution in [0.1, 0.15) is 34.8 Å². The van der Waals surface area contributed by atoms with Crippen LogP contribution in [0.25, 0.3) is 0 Å². The van der Waals surface area contributed by atoms with Crippen molar-refractivity contribution in [3.05, 3.63) is 59.2 Å². The number of ether oxygens (including phenoxy) is 1. The number of aryl methyl sites for hydroxylation is 2.